The van der Waals surface area contributed by atoms with Crippen molar-refractivity contribution >= 4 is 15.9 Å². The number of halogens is 2. The van der Waals surface area contributed by atoms with Crippen LogP contribution in [0, 0.1) is 5.82 Å². The summed E-state index contributed by atoms with van der Waals surface area (Å²) in [5.41, 5.74) is 0.712. The Bertz CT molecular complexity index is 237. The van der Waals surface area contributed by atoms with Crippen molar-refractivity contribution in [3.63, 3.8) is 0 Å². The van der Waals surface area contributed by atoms with E-state index in [0.717, 1.165) is 0 Å². The third kappa shape index (κ3) is 2.58. The molecule has 0 radical (unpaired) electrons. The fraction of sp³-hybridized carbons (Fsp3) is 0.375. The Hall–Kier alpha value is -0.440. The van der Waals surface area contributed by atoms with Crippen molar-refractivity contribution in [3.8, 4) is 0 Å². The van der Waals surface area contributed by atoms with Gasteiger partial charge in [0.05, 0.1) is 6.20 Å². The van der Waals surface area contributed by atoms with Crippen molar-refractivity contribution in [1.29, 1.82) is 0 Å². The van der Waals surface area contributed by atoms with E-state index in [4.69, 9.17) is 0 Å². The van der Waals surface area contributed by atoms with Gasteiger partial charge in [0.25, 0.3) is 0 Å². The highest BCUT2D eigenvalue weighted by atomic mass is 79.9. The van der Waals surface area contributed by atoms with Crippen LogP contribution in [0.25, 0.3) is 0 Å². The SMILES string of the molecule is CC(Br)Cc1ccncc1F. The first kappa shape index (κ1) is 8.65. The maximum atomic E-state index is 12.9. The van der Waals surface area contributed by atoms with Crippen molar-refractivity contribution in [1.82, 2.24) is 4.98 Å². The largest absolute Gasteiger partial charge is 0.262 e. The molecule has 0 aliphatic carbocycles. The van der Waals surface area contributed by atoms with Gasteiger partial charge < -0.3 is 0 Å². The summed E-state index contributed by atoms with van der Waals surface area (Å²) in [4.78, 5) is 3.97. The zero-order valence-electron chi connectivity index (χ0n) is 6.22. The normalized spacial score (nSPS) is 13.0. The van der Waals surface area contributed by atoms with E-state index in [1.807, 2.05) is 6.92 Å². The predicted octanol–water partition coefficient (Wildman–Crippen LogP) is 2.55. The number of alkyl halides is 1. The Kier molecular flexibility index (Phi) is 3.00. The Morgan fingerprint density at radius 1 is 1.73 bits per heavy atom. The topological polar surface area (TPSA) is 12.9 Å². The third-order valence-corrected chi connectivity index (χ3v) is 1.68. The second-order valence-electron chi connectivity index (χ2n) is 2.45. The summed E-state index contributed by atoms with van der Waals surface area (Å²) >= 11 is 3.36. The molecule has 0 aliphatic heterocycles. The zero-order chi connectivity index (χ0) is 8.27. The fourth-order valence-corrected chi connectivity index (χ4v) is 1.22. The lowest BCUT2D eigenvalue weighted by Gasteiger charge is -2.02. The van der Waals surface area contributed by atoms with Crippen LogP contribution in [0.5, 0.6) is 0 Å². The minimum atomic E-state index is -0.223. The van der Waals surface area contributed by atoms with E-state index in [-0.39, 0.29) is 5.82 Å². The molecule has 1 atom stereocenters. The molecule has 0 amide bonds. The van der Waals surface area contributed by atoms with Crippen LogP contribution in [0.4, 0.5) is 4.39 Å². The summed E-state index contributed by atoms with van der Waals surface area (Å²) in [5.74, 6) is -0.223. The molecule has 1 rings (SSSR count). The van der Waals surface area contributed by atoms with Gasteiger partial charge in [-0.15, -0.1) is 0 Å². The molecule has 60 valence electrons. The zero-order valence-corrected chi connectivity index (χ0v) is 7.81. The van der Waals surface area contributed by atoms with Crippen molar-refractivity contribution in [2.45, 2.75) is 18.2 Å². The fourth-order valence-electron chi connectivity index (χ4n) is 0.873. The Morgan fingerprint density at radius 2 is 2.45 bits per heavy atom. The van der Waals surface area contributed by atoms with Crippen molar-refractivity contribution in [3.05, 3.63) is 29.8 Å². The van der Waals surface area contributed by atoms with E-state index >= 15 is 0 Å². The maximum Gasteiger partial charge on any atom is 0.144 e. The summed E-state index contributed by atoms with van der Waals surface area (Å²) < 4.78 is 12.9. The van der Waals surface area contributed by atoms with Gasteiger partial charge in [-0.2, -0.15) is 0 Å². The van der Waals surface area contributed by atoms with Gasteiger partial charge in [0.2, 0.25) is 0 Å². The van der Waals surface area contributed by atoms with Crippen LogP contribution in [-0.4, -0.2) is 9.81 Å². The van der Waals surface area contributed by atoms with Crippen LogP contribution in [0.3, 0.4) is 0 Å². The Balaban J connectivity index is 2.78. The minimum absolute atomic E-state index is 0.223. The molecule has 0 bridgehead atoms. The van der Waals surface area contributed by atoms with Gasteiger partial charge in [0.1, 0.15) is 5.82 Å². The van der Waals surface area contributed by atoms with E-state index in [2.05, 4.69) is 20.9 Å². The quantitative estimate of drug-likeness (QED) is 0.695. The third-order valence-electron chi connectivity index (χ3n) is 1.36. The second-order valence-corrected chi connectivity index (χ2v) is 4.02. The first-order chi connectivity index (χ1) is 5.20. The molecule has 0 aromatic carbocycles. The molecule has 0 saturated heterocycles. The predicted molar refractivity (Wildman–Crippen MR) is 46.3 cm³/mol. The average molecular weight is 218 g/mol. The van der Waals surface area contributed by atoms with Crippen LogP contribution >= 0.6 is 15.9 Å². The summed E-state index contributed by atoms with van der Waals surface area (Å²) in [6.45, 7) is 1.99. The monoisotopic (exact) mass is 217 g/mol. The van der Waals surface area contributed by atoms with Gasteiger partial charge in [-0.25, -0.2) is 4.39 Å². The lowest BCUT2D eigenvalue weighted by atomic mass is 10.1. The van der Waals surface area contributed by atoms with Gasteiger partial charge in [0.15, 0.2) is 0 Å². The molecule has 0 N–H and O–H groups in total. The number of hydrogen-bond acceptors (Lipinski definition) is 1. The van der Waals surface area contributed by atoms with E-state index in [9.17, 15) is 4.39 Å². The summed E-state index contributed by atoms with van der Waals surface area (Å²) in [6, 6.07) is 1.70. The van der Waals surface area contributed by atoms with Crippen molar-refractivity contribution in [2.24, 2.45) is 0 Å². The maximum absolute atomic E-state index is 12.9. The van der Waals surface area contributed by atoms with E-state index in [1.165, 1.54) is 6.20 Å². The van der Waals surface area contributed by atoms with Gasteiger partial charge in [-0.1, -0.05) is 22.9 Å². The highest BCUT2D eigenvalue weighted by molar-refractivity contribution is 9.09. The van der Waals surface area contributed by atoms with Crippen LogP contribution in [0.2, 0.25) is 0 Å². The number of aromatic nitrogens is 1. The standard InChI is InChI=1S/C8H9BrFN/c1-6(9)4-7-2-3-11-5-8(7)10/h2-3,5-6H,4H2,1H3. The van der Waals surface area contributed by atoms with Crippen LogP contribution < -0.4 is 0 Å². The molecule has 1 aromatic rings. The molecule has 1 aromatic heterocycles. The van der Waals surface area contributed by atoms with Gasteiger partial charge in [-0.3, -0.25) is 4.98 Å². The first-order valence-corrected chi connectivity index (χ1v) is 4.34. The number of rotatable bonds is 2. The molecule has 11 heavy (non-hydrogen) atoms. The first-order valence-electron chi connectivity index (χ1n) is 3.42. The molecule has 3 heteroatoms. The minimum Gasteiger partial charge on any atom is -0.262 e. The lowest BCUT2D eigenvalue weighted by Crippen LogP contribution is -1.99. The average Bonchev–Trinajstić information content (AvgIpc) is 1.93. The van der Waals surface area contributed by atoms with Crippen molar-refractivity contribution in [2.75, 3.05) is 0 Å². The van der Waals surface area contributed by atoms with Crippen LogP contribution in [-0.2, 0) is 6.42 Å². The molecule has 1 heterocycles. The molecule has 0 fully saturated rings. The summed E-state index contributed by atoms with van der Waals surface area (Å²) in [7, 11) is 0. The van der Waals surface area contributed by atoms with Gasteiger partial charge in [0, 0.05) is 11.0 Å². The second kappa shape index (κ2) is 3.81. The molecule has 1 nitrogen and oxygen atoms in total. The molecule has 1 unspecified atom stereocenters. The van der Waals surface area contributed by atoms with Gasteiger partial charge >= 0.3 is 0 Å². The Labute approximate surface area is 73.8 Å². The lowest BCUT2D eigenvalue weighted by molar-refractivity contribution is 0.602. The smallest absolute Gasteiger partial charge is 0.144 e. The van der Waals surface area contributed by atoms with Crippen molar-refractivity contribution < 1.29 is 4.39 Å². The van der Waals surface area contributed by atoms with E-state index < -0.39 is 0 Å². The summed E-state index contributed by atoms with van der Waals surface area (Å²) in [6.07, 6.45) is 3.55. The number of hydrogen-bond donors (Lipinski definition) is 0. The molecular weight excluding hydrogens is 209 g/mol. The molecular formula is C8H9BrFN. The Morgan fingerprint density at radius 3 is 3.00 bits per heavy atom. The van der Waals surface area contributed by atoms with Crippen LogP contribution in [0.15, 0.2) is 18.5 Å². The van der Waals surface area contributed by atoms with E-state index in [0.29, 0.717) is 16.8 Å². The molecule has 0 aliphatic rings. The molecule has 0 saturated carbocycles. The van der Waals surface area contributed by atoms with E-state index in [1.54, 1.807) is 12.3 Å². The summed E-state index contributed by atoms with van der Waals surface area (Å²) in [5, 5.41) is 0. The highest BCUT2D eigenvalue weighted by Crippen LogP contribution is 2.11. The highest BCUT2D eigenvalue weighted by Gasteiger charge is 2.03. The van der Waals surface area contributed by atoms with Crippen LogP contribution in [0.1, 0.15) is 12.5 Å². The molecule has 0 spiro atoms. The number of pyridine rings is 1. The van der Waals surface area contributed by atoms with Gasteiger partial charge in [-0.05, 0) is 18.1 Å². The number of nitrogens with zero attached hydrogens (tertiary/aromatic N) is 1.